The molecule has 2 aliphatic rings. The number of nitriles is 1. The van der Waals surface area contributed by atoms with E-state index in [1.165, 1.54) is 0 Å². The van der Waals surface area contributed by atoms with Crippen molar-refractivity contribution >= 4 is 22.6 Å². The maximum atomic E-state index is 12.9. The van der Waals surface area contributed by atoms with E-state index < -0.39 is 0 Å². The Hall–Kier alpha value is -3.94. The molecule has 5 rings (SSSR count). The van der Waals surface area contributed by atoms with E-state index in [2.05, 4.69) is 37.8 Å². The number of anilines is 1. The average molecular weight is 544 g/mol. The molecule has 2 fully saturated rings. The van der Waals surface area contributed by atoms with Gasteiger partial charge in [-0.1, -0.05) is 12.1 Å². The van der Waals surface area contributed by atoms with E-state index in [1.54, 1.807) is 25.6 Å². The van der Waals surface area contributed by atoms with Gasteiger partial charge in [0.2, 0.25) is 5.91 Å². The summed E-state index contributed by atoms with van der Waals surface area (Å²) in [6, 6.07) is 13.2. The van der Waals surface area contributed by atoms with E-state index in [-0.39, 0.29) is 5.91 Å². The first-order chi connectivity index (χ1) is 19.5. The first kappa shape index (κ1) is 27.6. The van der Waals surface area contributed by atoms with Gasteiger partial charge in [-0.05, 0) is 37.2 Å². The molecule has 0 saturated carbocycles. The van der Waals surface area contributed by atoms with Crippen LogP contribution in [0.3, 0.4) is 0 Å². The smallest absolute Gasteiger partial charge is 0.227 e. The molecule has 2 aliphatic heterocycles. The van der Waals surface area contributed by atoms with Crippen molar-refractivity contribution in [3.63, 3.8) is 0 Å². The number of amides is 1. The average Bonchev–Trinajstić information content (AvgIpc) is 3.00. The third kappa shape index (κ3) is 6.61. The molecule has 10 heteroatoms. The number of rotatable bonds is 9. The van der Waals surface area contributed by atoms with Crippen molar-refractivity contribution in [3.8, 4) is 17.6 Å². The maximum Gasteiger partial charge on any atom is 0.227 e. The fraction of sp³-hybridized carbons (Fsp3) is 0.467. The van der Waals surface area contributed by atoms with E-state index in [9.17, 15) is 4.79 Å². The lowest BCUT2D eigenvalue weighted by Crippen LogP contribution is -2.49. The number of methoxy groups -OCH3 is 1. The van der Waals surface area contributed by atoms with Crippen LogP contribution in [0.25, 0.3) is 10.9 Å². The summed E-state index contributed by atoms with van der Waals surface area (Å²) in [5.74, 6) is 2.28. The van der Waals surface area contributed by atoms with Crippen molar-refractivity contribution in [2.24, 2.45) is 0 Å². The summed E-state index contributed by atoms with van der Waals surface area (Å²) in [5, 5.41) is 9.88. The standard InChI is InChI=1S/C30H37N7O3/c1-34-9-11-35(12-10-34)8-3-17-40-28-20-26-25(19-27(28)39-2)30(33-22-32-26)37-15-13-36(14-16-37)29(38)18-23-4-6-24(21-31)7-5-23/h4-7,19-20,22H,3,8-18H2,1-2H3. The molecule has 1 amide bonds. The van der Waals surface area contributed by atoms with Gasteiger partial charge in [0.15, 0.2) is 11.5 Å². The lowest BCUT2D eigenvalue weighted by Gasteiger charge is -2.36. The molecule has 1 aromatic heterocycles. The fourth-order valence-electron chi connectivity index (χ4n) is 5.27. The largest absolute Gasteiger partial charge is 0.493 e. The van der Waals surface area contributed by atoms with Crippen LogP contribution < -0.4 is 14.4 Å². The number of ether oxygens (including phenoxy) is 2. The molecule has 210 valence electrons. The summed E-state index contributed by atoms with van der Waals surface area (Å²) in [6.45, 7) is 8.68. The number of benzene rings is 2. The van der Waals surface area contributed by atoms with Crippen molar-refractivity contribution in [1.82, 2.24) is 24.7 Å². The lowest BCUT2D eigenvalue weighted by molar-refractivity contribution is -0.130. The van der Waals surface area contributed by atoms with Gasteiger partial charge in [-0.2, -0.15) is 5.26 Å². The van der Waals surface area contributed by atoms with Gasteiger partial charge in [0.05, 0.1) is 37.3 Å². The summed E-state index contributed by atoms with van der Waals surface area (Å²) in [5.41, 5.74) is 2.32. The van der Waals surface area contributed by atoms with Gasteiger partial charge in [0.1, 0.15) is 12.1 Å². The number of aromatic nitrogens is 2. The number of hydrogen-bond acceptors (Lipinski definition) is 9. The predicted octanol–water partition coefficient (Wildman–Crippen LogP) is 2.42. The monoisotopic (exact) mass is 543 g/mol. The van der Waals surface area contributed by atoms with Crippen LogP contribution in [0.15, 0.2) is 42.7 Å². The summed E-state index contributed by atoms with van der Waals surface area (Å²) in [6.07, 6.45) is 2.87. The zero-order valence-electron chi connectivity index (χ0n) is 23.4. The molecule has 0 N–H and O–H groups in total. The fourth-order valence-corrected chi connectivity index (χ4v) is 5.27. The lowest BCUT2D eigenvalue weighted by atomic mass is 10.1. The van der Waals surface area contributed by atoms with E-state index >= 15 is 0 Å². The normalized spacial score (nSPS) is 16.6. The predicted molar refractivity (Wildman–Crippen MR) is 154 cm³/mol. The summed E-state index contributed by atoms with van der Waals surface area (Å²) in [7, 11) is 3.82. The second-order valence-electron chi connectivity index (χ2n) is 10.4. The van der Waals surface area contributed by atoms with Crippen LogP contribution in [0.5, 0.6) is 11.5 Å². The molecule has 0 aliphatic carbocycles. The summed E-state index contributed by atoms with van der Waals surface area (Å²) < 4.78 is 11.8. The van der Waals surface area contributed by atoms with Gasteiger partial charge in [-0.15, -0.1) is 0 Å². The number of hydrogen-bond donors (Lipinski definition) is 0. The van der Waals surface area contributed by atoms with Gasteiger partial charge in [-0.3, -0.25) is 4.79 Å². The molecule has 0 spiro atoms. The highest BCUT2D eigenvalue weighted by molar-refractivity contribution is 5.92. The van der Waals surface area contributed by atoms with E-state index in [1.807, 2.05) is 29.2 Å². The number of nitrogens with zero attached hydrogens (tertiary/aromatic N) is 7. The Balaban J connectivity index is 1.19. The van der Waals surface area contributed by atoms with Crippen LogP contribution in [0, 0.1) is 11.3 Å². The topological polar surface area (TPSA) is 98.1 Å². The van der Waals surface area contributed by atoms with Crippen molar-refractivity contribution in [3.05, 3.63) is 53.9 Å². The first-order valence-electron chi connectivity index (χ1n) is 13.9. The van der Waals surface area contributed by atoms with Crippen molar-refractivity contribution in [2.75, 3.05) is 84.6 Å². The number of carbonyl (C=O) groups is 1. The third-order valence-electron chi connectivity index (χ3n) is 7.74. The Bertz CT molecular complexity index is 1340. The minimum absolute atomic E-state index is 0.0907. The van der Waals surface area contributed by atoms with Crippen molar-refractivity contribution < 1.29 is 14.3 Å². The van der Waals surface area contributed by atoms with Gasteiger partial charge >= 0.3 is 0 Å². The minimum atomic E-state index is 0.0907. The molecular weight excluding hydrogens is 506 g/mol. The number of fused-ring (bicyclic) bond motifs is 1. The zero-order chi connectivity index (χ0) is 27.9. The molecular formula is C30H37N7O3. The number of carbonyl (C=O) groups excluding carboxylic acids is 1. The molecule has 3 aromatic rings. The molecule has 3 heterocycles. The molecule has 0 atom stereocenters. The van der Waals surface area contributed by atoms with Crippen molar-refractivity contribution in [1.29, 1.82) is 5.26 Å². The number of piperazine rings is 2. The third-order valence-corrected chi connectivity index (χ3v) is 7.74. The molecule has 40 heavy (non-hydrogen) atoms. The van der Waals surface area contributed by atoms with Gasteiger partial charge in [0, 0.05) is 70.4 Å². The molecule has 0 unspecified atom stereocenters. The second kappa shape index (κ2) is 12.9. The van der Waals surface area contributed by atoms with Crippen LogP contribution in [-0.2, 0) is 11.2 Å². The van der Waals surface area contributed by atoms with E-state index in [0.717, 1.165) is 61.4 Å². The second-order valence-corrected chi connectivity index (χ2v) is 10.4. The molecule has 2 aromatic carbocycles. The molecule has 10 nitrogen and oxygen atoms in total. The highest BCUT2D eigenvalue weighted by Gasteiger charge is 2.24. The summed E-state index contributed by atoms with van der Waals surface area (Å²) >= 11 is 0. The summed E-state index contributed by atoms with van der Waals surface area (Å²) in [4.78, 5) is 31.0. The van der Waals surface area contributed by atoms with Gasteiger partial charge < -0.3 is 29.1 Å². The van der Waals surface area contributed by atoms with Crippen LogP contribution in [0.2, 0.25) is 0 Å². The quantitative estimate of drug-likeness (QED) is 0.377. The van der Waals surface area contributed by atoms with Crippen LogP contribution in [-0.4, -0.2) is 110 Å². The Labute approximate surface area is 235 Å². The van der Waals surface area contributed by atoms with Crippen LogP contribution >= 0.6 is 0 Å². The Morgan fingerprint density at radius 2 is 1.73 bits per heavy atom. The molecule has 0 bridgehead atoms. The Morgan fingerprint density at radius 3 is 2.42 bits per heavy atom. The van der Waals surface area contributed by atoms with Gasteiger partial charge in [-0.25, -0.2) is 9.97 Å². The van der Waals surface area contributed by atoms with Crippen LogP contribution in [0.4, 0.5) is 5.82 Å². The van der Waals surface area contributed by atoms with Crippen LogP contribution in [0.1, 0.15) is 17.5 Å². The Kier molecular flexibility index (Phi) is 8.94. The first-order valence-corrected chi connectivity index (χ1v) is 13.9. The maximum absolute atomic E-state index is 12.9. The highest BCUT2D eigenvalue weighted by Crippen LogP contribution is 2.35. The molecule has 2 saturated heterocycles. The zero-order valence-corrected chi connectivity index (χ0v) is 23.4. The highest BCUT2D eigenvalue weighted by atomic mass is 16.5. The number of likely N-dealkylation sites (N-methyl/N-ethyl adjacent to an activating group) is 1. The SMILES string of the molecule is COc1cc2c(N3CCN(C(=O)Cc4ccc(C#N)cc4)CC3)ncnc2cc1OCCCN1CCN(C)CC1. The van der Waals surface area contributed by atoms with Gasteiger partial charge in [0.25, 0.3) is 0 Å². The van der Waals surface area contributed by atoms with E-state index in [0.29, 0.717) is 56.3 Å². The molecule has 0 radical (unpaired) electrons. The van der Waals surface area contributed by atoms with E-state index in [4.69, 9.17) is 14.7 Å². The van der Waals surface area contributed by atoms with Crippen molar-refractivity contribution in [2.45, 2.75) is 12.8 Å². The Morgan fingerprint density at radius 1 is 0.975 bits per heavy atom. The minimum Gasteiger partial charge on any atom is -0.493 e.